The minimum absolute atomic E-state index is 0.0630. The van der Waals surface area contributed by atoms with Crippen LogP contribution >= 0.6 is 0 Å². The van der Waals surface area contributed by atoms with Crippen LogP contribution in [-0.2, 0) is 10.0 Å². The van der Waals surface area contributed by atoms with Gasteiger partial charge in [-0.05, 0) is 38.0 Å². The van der Waals surface area contributed by atoms with E-state index in [4.69, 9.17) is 9.15 Å². The minimum atomic E-state index is -3.19. The highest BCUT2D eigenvalue weighted by Crippen LogP contribution is 2.30. The van der Waals surface area contributed by atoms with E-state index in [1.54, 1.807) is 14.0 Å². The normalized spacial score (nSPS) is 19.3. The van der Waals surface area contributed by atoms with Crippen LogP contribution < -0.4 is 4.74 Å². The van der Waals surface area contributed by atoms with E-state index in [9.17, 15) is 8.42 Å². The summed E-state index contributed by atoms with van der Waals surface area (Å²) in [6, 6.07) is 7.39. The Morgan fingerprint density at radius 2 is 2.21 bits per heavy atom. The summed E-state index contributed by atoms with van der Waals surface area (Å²) < 4.78 is 36.7. The van der Waals surface area contributed by atoms with Gasteiger partial charge in [0, 0.05) is 18.7 Å². The Labute approximate surface area is 141 Å². The second-order valence-corrected chi connectivity index (χ2v) is 8.03. The van der Waals surface area contributed by atoms with Gasteiger partial charge in [-0.15, -0.1) is 10.2 Å². The van der Waals surface area contributed by atoms with Crippen molar-refractivity contribution in [3.63, 3.8) is 0 Å². The lowest BCUT2D eigenvalue weighted by Gasteiger charge is -2.29. The Bertz CT molecular complexity index is 803. The van der Waals surface area contributed by atoms with E-state index in [2.05, 4.69) is 10.2 Å². The number of sulfonamides is 1. The Kier molecular flexibility index (Phi) is 4.86. The first-order valence-corrected chi connectivity index (χ1v) is 9.60. The van der Waals surface area contributed by atoms with Gasteiger partial charge < -0.3 is 9.15 Å². The van der Waals surface area contributed by atoms with Gasteiger partial charge in [-0.3, -0.25) is 0 Å². The molecule has 2 aromatic rings. The van der Waals surface area contributed by atoms with E-state index < -0.39 is 10.0 Å². The monoisotopic (exact) mass is 351 g/mol. The van der Waals surface area contributed by atoms with Crippen molar-refractivity contribution in [2.45, 2.75) is 25.7 Å². The predicted molar refractivity (Wildman–Crippen MR) is 89.3 cm³/mol. The second kappa shape index (κ2) is 6.90. The molecule has 24 heavy (non-hydrogen) atoms. The lowest BCUT2D eigenvalue weighted by Crippen LogP contribution is -2.39. The molecule has 0 saturated carbocycles. The van der Waals surface area contributed by atoms with Crippen molar-refractivity contribution in [2.24, 2.45) is 0 Å². The second-order valence-electron chi connectivity index (χ2n) is 5.78. The number of piperidine rings is 1. The van der Waals surface area contributed by atoms with Crippen LogP contribution in [0.15, 0.2) is 28.7 Å². The Morgan fingerprint density at radius 1 is 1.38 bits per heavy atom. The van der Waals surface area contributed by atoms with Gasteiger partial charge in [0.15, 0.2) is 0 Å². The molecule has 1 aliphatic heterocycles. The van der Waals surface area contributed by atoms with E-state index in [1.807, 2.05) is 24.3 Å². The summed E-state index contributed by atoms with van der Waals surface area (Å²) in [5.41, 5.74) is 0.780. The van der Waals surface area contributed by atoms with Gasteiger partial charge in [0.1, 0.15) is 5.75 Å². The van der Waals surface area contributed by atoms with Crippen molar-refractivity contribution >= 4 is 10.0 Å². The van der Waals surface area contributed by atoms with E-state index in [-0.39, 0.29) is 11.7 Å². The molecule has 7 nitrogen and oxygen atoms in total. The zero-order valence-corrected chi connectivity index (χ0v) is 14.6. The molecule has 0 amide bonds. The smallest absolute Gasteiger partial charge is 0.247 e. The summed E-state index contributed by atoms with van der Waals surface area (Å²) >= 11 is 0. The zero-order valence-electron chi connectivity index (χ0n) is 13.8. The molecule has 3 rings (SSSR count). The fraction of sp³-hybridized carbons (Fsp3) is 0.500. The van der Waals surface area contributed by atoms with Crippen LogP contribution in [0.2, 0.25) is 0 Å². The number of nitrogens with zero attached hydrogens (tertiary/aromatic N) is 3. The van der Waals surface area contributed by atoms with Crippen LogP contribution in [0.4, 0.5) is 0 Å². The van der Waals surface area contributed by atoms with Crippen molar-refractivity contribution in [3.8, 4) is 17.2 Å². The van der Waals surface area contributed by atoms with Crippen molar-refractivity contribution in [2.75, 3.05) is 26.0 Å². The molecule has 8 heteroatoms. The van der Waals surface area contributed by atoms with Crippen LogP contribution in [0.1, 0.15) is 31.6 Å². The fourth-order valence-corrected chi connectivity index (χ4v) is 4.03. The van der Waals surface area contributed by atoms with Gasteiger partial charge in [0.2, 0.25) is 21.8 Å². The summed E-state index contributed by atoms with van der Waals surface area (Å²) in [6.07, 6.45) is 1.64. The number of aromatic nitrogens is 2. The van der Waals surface area contributed by atoms with Crippen molar-refractivity contribution in [1.29, 1.82) is 0 Å². The van der Waals surface area contributed by atoms with Crippen LogP contribution in [-0.4, -0.2) is 48.9 Å². The van der Waals surface area contributed by atoms with Crippen LogP contribution in [0, 0.1) is 0 Å². The summed E-state index contributed by atoms with van der Waals surface area (Å²) in [6.45, 7) is 2.62. The highest BCUT2D eigenvalue weighted by Gasteiger charge is 2.31. The third kappa shape index (κ3) is 3.44. The highest BCUT2D eigenvalue weighted by molar-refractivity contribution is 7.89. The van der Waals surface area contributed by atoms with E-state index in [1.165, 1.54) is 4.31 Å². The van der Waals surface area contributed by atoms with Crippen LogP contribution in [0.5, 0.6) is 5.75 Å². The number of methoxy groups -OCH3 is 1. The molecule has 0 spiro atoms. The van der Waals surface area contributed by atoms with Crippen molar-refractivity contribution < 1.29 is 17.6 Å². The Balaban J connectivity index is 1.80. The maximum absolute atomic E-state index is 12.1. The van der Waals surface area contributed by atoms with Crippen molar-refractivity contribution in [1.82, 2.24) is 14.5 Å². The number of ether oxygens (including phenoxy) is 1. The molecule has 1 unspecified atom stereocenters. The largest absolute Gasteiger partial charge is 0.497 e. The third-order valence-electron chi connectivity index (χ3n) is 4.25. The summed E-state index contributed by atoms with van der Waals surface area (Å²) in [4.78, 5) is 0. The zero-order chi connectivity index (χ0) is 17.2. The molecule has 2 heterocycles. The number of rotatable bonds is 5. The average molecular weight is 351 g/mol. The van der Waals surface area contributed by atoms with E-state index in [0.717, 1.165) is 18.4 Å². The van der Waals surface area contributed by atoms with E-state index in [0.29, 0.717) is 30.6 Å². The number of benzene rings is 1. The third-order valence-corrected chi connectivity index (χ3v) is 6.10. The van der Waals surface area contributed by atoms with E-state index >= 15 is 0 Å². The average Bonchev–Trinajstić information content (AvgIpc) is 3.12. The molecule has 0 aliphatic carbocycles. The highest BCUT2D eigenvalue weighted by atomic mass is 32.2. The van der Waals surface area contributed by atoms with Crippen LogP contribution in [0.3, 0.4) is 0 Å². The molecule has 130 valence electrons. The quantitative estimate of drug-likeness (QED) is 0.821. The summed E-state index contributed by atoms with van der Waals surface area (Å²) in [7, 11) is -1.59. The van der Waals surface area contributed by atoms with Gasteiger partial charge >= 0.3 is 0 Å². The maximum atomic E-state index is 12.1. The molecule has 1 fully saturated rings. The molecule has 0 bridgehead atoms. The van der Waals surface area contributed by atoms with Gasteiger partial charge in [0.05, 0.1) is 18.8 Å². The maximum Gasteiger partial charge on any atom is 0.247 e. The van der Waals surface area contributed by atoms with Crippen molar-refractivity contribution in [3.05, 3.63) is 30.2 Å². The summed E-state index contributed by atoms with van der Waals surface area (Å²) in [5, 5.41) is 8.24. The van der Waals surface area contributed by atoms with Gasteiger partial charge in [-0.1, -0.05) is 6.07 Å². The topological polar surface area (TPSA) is 85.5 Å². The molecular formula is C16H21N3O4S. The Morgan fingerprint density at radius 3 is 2.96 bits per heavy atom. The molecule has 0 radical (unpaired) electrons. The molecule has 1 atom stereocenters. The van der Waals surface area contributed by atoms with Crippen LogP contribution in [0.25, 0.3) is 11.5 Å². The first-order chi connectivity index (χ1) is 11.5. The number of hydrogen-bond acceptors (Lipinski definition) is 6. The molecule has 1 saturated heterocycles. The number of hydrogen-bond donors (Lipinski definition) is 0. The van der Waals surface area contributed by atoms with Gasteiger partial charge in [-0.2, -0.15) is 0 Å². The standard InChI is InChI=1S/C16H21N3O4S/c1-3-24(20,21)19-9-5-7-13(11-19)16-18-17-15(23-16)12-6-4-8-14(10-12)22-2/h4,6,8,10,13H,3,5,7,9,11H2,1-2H3. The lowest BCUT2D eigenvalue weighted by molar-refractivity contribution is 0.286. The Hall–Kier alpha value is -1.93. The molecule has 1 aromatic carbocycles. The first kappa shape index (κ1) is 16.9. The predicted octanol–water partition coefficient (Wildman–Crippen LogP) is 2.27. The molecular weight excluding hydrogens is 330 g/mol. The molecule has 1 aromatic heterocycles. The first-order valence-electron chi connectivity index (χ1n) is 7.99. The fourth-order valence-electron chi connectivity index (χ4n) is 2.85. The van der Waals surface area contributed by atoms with Gasteiger partial charge in [-0.25, -0.2) is 12.7 Å². The van der Waals surface area contributed by atoms with Gasteiger partial charge in [0.25, 0.3) is 0 Å². The molecule has 0 N–H and O–H groups in total. The SMILES string of the molecule is CCS(=O)(=O)N1CCCC(c2nnc(-c3cccc(OC)c3)o2)C1. The molecule has 1 aliphatic rings. The lowest BCUT2D eigenvalue weighted by atomic mass is 10.00. The minimum Gasteiger partial charge on any atom is -0.497 e. The summed E-state index contributed by atoms with van der Waals surface area (Å²) in [5.74, 6) is 1.67.